The van der Waals surface area contributed by atoms with E-state index < -0.39 is 30.0 Å². The van der Waals surface area contributed by atoms with E-state index in [0.717, 1.165) is 17.2 Å². The van der Waals surface area contributed by atoms with E-state index in [9.17, 15) is 24.3 Å². The number of carboxylic acid groups (broad SMARTS) is 1. The van der Waals surface area contributed by atoms with Gasteiger partial charge in [0.25, 0.3) is 5.91 Å². The first-order chi connectivity index (χ1) is 11.9. The van der Waals surface area contributed by atoms with Gasteiger partial charge >= 0.3 is 11.9 Å². The summed E-state index contributed by atoms with van der Waals surface area (Å²) in [6, 6.07) is 0. The van der Waals surface area contributed by atoms with Crippen LogP contribution in [0.3, 0.4) is 0 Å². The summed E-state index contributed by atoms with van der Waals surface area (Å²) in [6.07, 6.45) is 3.65. The number of aliphatic hydroxyl groups excluding tert-OH is 1. The molecular weight excluding hydrogens is 332 g/mol. The smallest absolute Gasteiger partial charge is 0.335 e. The van der Waals surface area contributed by atoms with Crippen molar-refractivity contribution >= 4 is 23.8 Å². The molecule has 2 aliphatic rings. The topological polar surface area (TPSA) is 133 Å². The molecule has 1 unspecified atom stereocenters. The Balaban J connectivity index is 1.70. The lowest BCUT2D eigenvalue weighted by Gasteiger charge is -2.28. The first-order valence-electron chi connectivity index (χ1n) is 8.27. The largest absolute Gasteiger partial charge is 0.478 e. The lowest BCUT2D eigenvalue weighted by molar-refractivity contribution is -0.224. The average molecular weight is 354 g/mol. The molecule has 1 aliphatic carbocycles. The van der Waals surface area contributed by atoms with Gasteiger partial charge in [0.15, 0.2) is 6.23 Å². The molecule has 0 spiro atoms. The molecule has 3 N–H and O–H groups in total. The van der Waals surface area contributed by atoms with Crippen molar-refractivity contribution in [3.63, 3.8) is 0 Å². The maximum Gasteiger partial charge on any atom is 0.335 e. The minimum atomic E-state index is -1.18. The molecule has 2 rings (SSSR count). The van der Waals surface area contributed by atoms with E-state index in [2.05, 4.69) is 5.32 Å². The van der Waals surface area contributed by atoms with E-state index in [1.165, 1.54) is 0 Å². The highest BCUT2D eigenvalue weighted by molar-refractivity contribution is 5.93. The Bertz CT molecular complexity index is 567. The van der Waals surface area contributed by atoms with Gasteiger partial charge in [0.1, 0.15) is 0 Å². The number of hydrogen-bond acceptors (Lipinski definition) is 6. The molecule has 0 bridgehead atoms. The summed E-state index contributed by atoms with van der Waals surface area (Å²) in [4.78, 5) is 50.4. The van der Waals surface area contributed by atoms with Crippen molar-refractivity contribution in [2.24, 2.45) is 11.8 Å². The van der Waals surface area contributed by atoms with Crippen LogP contribution in [0.1, 0.15) is 38.5 Å². The number of rotatable bonds is 6. The van der Waals surface area contributed by atoms with Crippen molar-refractivity contribution in [2.75, 3.05) is 6.54 Å². The van der Waals surface area contributed by atoms with E-state index in [-0.39, 0.29) is 24.7 Å². The minimum absolute atomic E-state index is 0.164. The zero-order valence-corrected chi connectivity index (χ0v) is 13.7. The van der Waals surface area contributed by atoms with Crippen molar-refractivity contribution in [3.8, 4) is 0 Å². The van der Waals surface area contributed by atoms with Gasteiger partial charge in [-0.2, -0.15) is 0 Å². The van der Waals surface area contributed by atoms with Crippen molar-refractivity contribution < 1.29 is 34.2 Å². The van der Waals surface area contributed by atoms with Crippen LogP contribution in [0.5, 0.6) is 0 Å². The number of aliphatic hydroxyl groups is 1. The van der Waals surface area contributed by atoms with E-state index in [1.807, 2.05) is 0 Å². The summed E-state index contributed by atoms with van der Waals surface area (Å²) >= 11 is 0. The summed E-state index contributed by atoms with van der Waals surface area (Å²) < 4.78 is 0. The van der Waals surface area contributed by atoms with E-state index in [1.54, 1.807) is 0 Å². The van der Waals surface area contributed by atoms with Crippen LogP contribution in [0.2, 0.25) is 0 Å². The van der Waals surface area contributed by atoms with Gasteiger partial charge in [0, 0.05) is 31.5 Å². The van der Waals surface area contributed by atoms with Crippen molar-refractivity contribution in [2.45, 2.75) is 44.8 Å². The lowest BCUT2D eigenvalue weighted by Crippen LogP contribution is -2.38. The average Bonchev–Trinajstić information content (AvgIpc) is 2.90. The van der Waals surface area contributed by atoms with Gasteiger partial charge in [-0.05, 0) is 31.6 Å². The van der Waals surface area contributed by atoms with Gasteiger partial charge in [-0.25, -0.2) is 9.59 Å². The number of carbonyl (C=O) groups excluding carboxylic acids is 3. The quantitative estimate of drug-likeness (QED) is 0.569. The molecule has 1 atom stereocenters. The molecule has 2 amide bonds. The molecule has 0 aromatic heterocycles. The predicted molar refractivity (Wildman–Crippen MR) is 83.4 cm³/mol. The Hall–Kier alpha value is -2.42. The van der Waals surface area contributed by atoms with Gasteiger partial charge in [0.05, 0.1) is 5.92 Å². The Labute approximate surface area is 144 Å². The normalized spacial score (nSPS) is 26.7. The third-order valence-electron chi connectivity index (χ3n) is 4.44. The van der Waals surface area contributed by atoms with Gasteiger partial charge in [-0.1, -0.05) is 0 Å². The molecule has 1 saturated carbocycles. The van der Waals surface area contributed by atoms with Gasteiger partial charge in [0.2, 0.25) is 5.91 Å². The highest BCUT2D eigenvalue weighted by Gasteiger charge is 2.36. The first kappa shape index (κ1) is 18.9. The maximum absolute atomic E-state index is 12.1. The maximum atomic E-state index is 12.1. The van der Waals surface area contributed by atoms with Crippen LogP contribution in [-0.2, 0) is 24.0 Å². The molecular formula is C16H22N2O7. The second-order valence-electron chi connectivity index (χ2n) is 6.28. The van der Waals surface area contributed by atoms with Crippen LogP contribution in [0.25, 0.3) is 0 Å². The molecule has 0 aromatic rings. The van der Waals surface area contributed by atoms with E-state index >= 15 is 0 Å². The Morgan fingerprint density at radius 1 is 1.16 bits per heavy atom. The fraction of sp³-hybridized carbons (Fsp3) is 0.625. The molecule has 1 saturated heterocycles. The molecule has 25 heavy (non-hydrogen) atoms. The zero-order valence-electron chi connectivity index (χ0n) is 13.7. The monoisotopic (exact) mass is 354 g/mol. The third kappa shape index (κ3) is 5.56. The van der Waals surface area contributed by atoms with Crippen LogP contribution in [-0.4, -0.2) is 51.8 Å². The Morgan fingerprint density at radius 3 is 2.40 bits per heavy atom. The van der Waals surface area contributed by atoms with Gasteiger partial charge in [-0.3, -0.25) is 9.59 Å². The highest BCUT2D eigenvalue weighted by Crippen LogP contribution is 2.30. The van der Waals surface area contributed by atoms with Crippen LogP contribution in [0, 0.1) is 11.8 Å². The van der Waals surface area contributed by atoms with E-state index in [0.29, 0.717) is 32.2 Å². The number of nitrogens with zero attached hydrogens (tertiary/aromatic N) is 1. The van der Waals surface area contributed by atoms with Crippen LogP contribution >= 0.6 is 0 Å². The molecule has 0 aromatic carbocycles. The fourth-order valence-electron chi connectivity index (χ4n) is 2.98. The number of hydroxylamine groups is 2. The van der Waals surface area contributed by atoms with Crippen molar-refractivity contribution in [3.05, 3.63) is 12.2 Å². The van der Waals surface area contributed by atoms with Crippen molar-refractivity contribution in [1.29, 1.82) is 0 Å². The molecule has 1 heterocycles. The predicted octanol–water partition coefficient (Wildman–Crippen LogP) is -0.0512. The SMILES string of the molecule is O=C(O)/C=C\C(=O)NC[C@H]1CC[C@H](C(=O)ON2C(=O)CCC2O)CC1. The number of nitrogens with one attached hydrogen (secondary N) is 1. The molecule has 0 radical (unpaired) electrons. The number of carboxylic acids is 1. The number of aliphatic carboxylic acids is 1. The number of carbonyl (C=O) groups is 4. The summed E-state index contributed by atoms with van der Waals surface area (Å²) in [5, 5.41) is 21.4. The van der Waals surface area contributed by atoms with Crippen LogP contribution < -0.4 is 5.32 Å². The summed E-state index contributed by atoms with van der Waals surface area (Å²) in [6.45, 7) is 0.411. The number of amides is 2. The number of hydrogen-bond donors (Lipinski definition) is 3. The molecule has 2 fully saturated rings. The standard InChI is InChI=1S/C16H22N2O7/c19-12(5-8-15(22)23)17-9-10-1-3-11(4-2-10)16(24)25-18-13(20)6-7-14(18)21/h5,8,10-11,13,20H,1-4,6-7,9H2,(H,17,19)(H,22,23)/b8-5-/t10-,11-,13?. The zero-order chi connectivity index (χ0) is 18.4. The molecule has 1 aliphatic heterocycles. The second-order valence-corrected chi connectivity index (χ2v) is 6.28. The second kappa shape index (κ2) is 8.61. The highest BCUT2D eigenvalue weighted by atomic mass is 16.7. The molecule has 138 valence electrons. The lowest BCUT2D eigenvalue weighted by atomic mass is 9.82. The van der Waals surface area contributed by atoms with Crippen LogP contribution in [0.4, 0.5) is 0 Å². The Kier molecular flexibility index (Phi) is 6.51. The third-order valence-corrected chi connectivity index (χ3v) is 4.44. The van der Waals surface area contributed by atoms with Gasteiger partial charge < -0.3 is 20.4 Å². The van der Waals surface area contributed by atoms with Gasteiger partial charge in [-0.15, -0.1) is 5.06 Å². The Morgan fingerprint density at radius 2 is 1.84 bits per heavy atom. The summed E-state index contributed by atoms with van der Waals surface area (Å²) in [7, 11) is 0. The molecule has 9 heteroatoms. The summed E-state index contributed by atoms with van der Waals surface area (Å²) in [5.41, 5.74) is 0. The van der Waals surface area contributed by atoms with E-state index in [4.69, 9.17) is 9.94 Å². The first-order valence-corrected chi connectivity index (χ1v) is 8.27. The fourth-order valence-corrected chi connectivity index (χ4v) is 2.98. The minimum Gasteiger partial charge on any atom is -0.478 e. The summed E-state index contributed by atoms with van der Waals surface area (Å²) in [5.74, 6) is -2.70. The van der Waals surface area contributed by atoms with Crippen LogP contribution in [0.15, 0.2) is 12.2 Å². The van der Waals surface area contributed by atoms with Crippen molar-refractivity contribution in [1.82, 2.24) is 10.4 Å². The molecule has 9 nitrogen and oxygen atoms in total.